The van der Waals surface area contributed by atoms with Crippen molar-refractivity contribution in [3.63, 3.8) is 0 Å². The molecule has 3 nitrogen and oxygen atoms in total. The second kappa shape index (κ2) is 6.68. The van der Waals surface area contributed by atoms with Crippen molar-refractivity contribution in [3.05, 3.63) is 57.8 Å². The Balaban J connectivity index is 2.05. The second-order valence-electron chi connectivity index (χ2n) is 4.45. The van der Waals surface area contributed by atoms with Crippen LogP contribution in [0.2, 0.25) is 0 Å². The lowest BCUT2D eigenvalue weighted by Gasteiger charge is -2.09. The van der Waals surface area contributed by atoms with Crippen LogP contribution in [0.5, 0.6) is 5.75 Å². The lowest BCUT2D eigenvalue weighted by Crippen LogP contribution is -2.04. The van der Waals surface area contributed by atoms with Crippen molar-refractivity contribution in [1.82, 2.24) is 4.98 Å². The quantitative estimate of drug-likeness (QED) is 0.920. The Kier molecular flexibility index (Phi) is 4.93. The molecule has 2 N–H and O–H groups in total. The van der Waals surface area contributed by atoms with E-state index in [2.05, 4.69) is 27.0 Å². The fraction of sp³-hybridized carbons (Fsp3) is 0.267. The molecule has 100 valence electrons. The van der Waals surface area contributed by atoms with Crippen LogP contribution in [-0.2, 0) is 13.0 Å². The Morgan fingerprint density at radius 1 is 1.26 bits per heavy atom. The number of pyridine rings is 1. The molecule has 0 saturated carbocycles. The summed E-state index contributed by atoms with van der Waals surface area (Å²) in [5.41, 5.74) is 8.97. The fourth-order valence-electron chi connectivity index (χ4n) is 1.85. The Bertz CT molecular complexity index is 558. The van der Waals surface area contributed by atoms with Gasteiger partial charge in [-0.3, -0.25) is 4.98 Å². The van der Waals surface area contributed by atoms with E-state index in [1.807, 2.05) is 37.5 Å². The molecule has 2 aromatic rings. The number of halogens is 1. The van der Waals surface area contributed by atoms with Gasteiger partial charge < -0.3 is 10.5 Å². The molecule has 0 bridgehead atoms. The van der Waals surface area contributed by atoms with Crippen LogP contribution in [0.1, 0.15) is 16.7 Å². The first-order valence-electron chi connectivity index (χ1n) is 6.21. The van der Waals surface area contributed by atoms with E-state index < -0.39 is 0 Å². The van der Waals surface area contributed by atoms with Gasteiger partial charge in [-0.05, 0) is 55.3 Å². The van der Waals surface area contributed by atoms with Crippen molar-refractivity contribution < 1.29 is 4.74 Å². The van der Waals surface area contributed by atoms with Crippen LogP contribution >= 0.6 is 15.9 Å². The van der Waals surface area contributed by atoms with Gasteiger partial charge in [0.2, 0.25) is 0 Å². The summed E-state index contributed by atoms with van der Waals surface area (Å²) in [5.74, 6) is 0.855. The third-order valence-corrected chi connectivity index (χ3v) is 3.54. The van der Waals surface area contributed by atoms with Gasteiger partial charge in [-0.2, -0.15) is 0 Å². The molecule has 0 saturated heterocycles. The standard InChI is InChI=1S/C15H17BrN2O/c1-11-6-12(9-18-8-11)10-19-14-2-3-15(16)13(7-14)4-5-17/h2-3,6-9H,4-5,10,17H2,1H3. The molecule has 0 unspecified atom stereocenters. The highest BCUT2D eigenvalue weighted by molar-refractivity contribution is 9.10. The summed E-state index contributed by atoms with van der Waals surface area (Å²) in [6.45, 7) is 3.18. The topological polar surface area (TPSA) is 48.1 Å². The average Bonchev–Trinajstić information content (AvgIpc) is 2.40. The van der Waals surface area contributed by atoms with Gasteiger partial charge in [-0.1, -0.05) is 15.9 Å². The summed E-state index contributed by atoms with van der Waals surface area (Å²) < 4.78 is 6.86. The van der Waals surface area contributed by atoms with Gasteiger partial charge in [-0.25, -0.2) is 0 Å². The van der Waals surface area contributed by atoms with Gasteiger partial charge in [0, 0.05) is 22.4 Å². The maximum atomic E-state index is 5.79. The number of nitrogens with zero attached hydrogens (tertiary/aromatic N) is 1. The monoisotopic (exact) mass is 320 g/mol. The number of aromatic nitrogens is 1. The molecule has 4 heteroatoms. The highest BCUT2D eigenvalue weighted by Crippen LogP contribution is 2.23. The smallest absolute Gasteiger partial charge is 0.120 e. The van der Waals surface area contributed by atoms with E-state index in [1.165, 1.54) is 5.56 Å². The van der Waals surface area contributed by atoms with Crippen molar-refractivity contribution in [3.8, 4) is 5.75 Å². The van der Waals surface area contributed by atoms with Gasteiger partial charge in [0.05, 0.1) is 0 Å². The average molecular weight is 321 g/mol. The lowest BCUT2D eigenvalue weighted by molar-refractivity contribution is 0.305. The van der Waals surface area contributed by atoms with Crippen molar-refractivity contribution >= 4 is 15.9 Å². The Morgan fingerprint density at radius 3 is 2.84 bits per heavy atom. The van der Waals surface area contributed by atoms with Crippen molar-refractivity contribution in [2.24, 2.45) is 5.73 Å². The number of benzene rings is 1. The summed E-state index contributed by atoms with van der Waals surface area (Å²) in [7, 11) is 0. The zero-order valence-electron chi connectivity index (χ0n) is 10.9. The Labute approximate surface area is 121 Å². The van der Waals surface area contributed by atoms with E-state index in [0.717, 1.165) is 27.8 Å². The normalized spacial score (nSPS) is 10.5. The molecule has 0 radical (unpaired) electrons. The highest BCUT2D eigenvalue weighted by atomic mass is 79.9. The largest absolute Gasteiger partial charge is 0.489 e. The summed E-state index contributed by atoms with van der Waals surface area (Å²) in [6.07, 6.45) is 4.50. The number of ether oxygens (including phenoxy) is 1. The summed E-state index contributed by atoms with van der Waals surface area (Å²) in [4.78, 5) is 4.15. The van der Waals surface area contributed by atoms with E-state index in [9.17, 15) is 0 Å². The zero-order chi connectivity index (χ0) is 13.7. The molecule has 0 fully saturated rings. The summed E-state index contributed by atoms with van der Waals surface area (Å²) in [5, 5.41) is 0. The highest BCUT2D eigenvalue weighted by Gasteiger charge is 2.03. The van der Waals surface area contributed by atoms with Crippen LogP contribution in [0.15, 0.2) is 41.1 Å². The van der Waals surface area contributed by atoms with Crippen LogP contribution in [-0.4, -0.2) is 11.5 Å². The van der Waals surface area contributed by atoms with Gasteiger partial charge in [-0.15, -0.1) is 0 Å². The molecule has 1 aromatic carbocycles. The van der Waals surface area contributed by atoms with Crippen LogP contribution in [0.25, 0.3) is 0 Å². The van der Waals surface area contributed by atoms with Crippen LogP contribution in [0.4, 0.5) is 0 Å². The second-order valence-corrected chi connectivity index (χ2v) is 5.31. The molecular weight excluding hydrogens is 304 g/mol. The third-order valence-electron chi connectivity index (χ3n) is 2.77. The van der Waals surface area contributed by atoms with E-state index >= 15 is 0 Å². The molecule has 0 aliphatic carbocycles. The van der Waals surface area contributed by atoms with Gasteiger partial charge in [0.1, 0.15) is 12.4 Å². The van der Waals surface area contributed by atoms with Crippen molar-refractivity contribution in [2.75, 3.05) is 6.54 Å². The SMILES string of the molecule is Cc1cncc(COc2ccc(Br)c(CCN)c2)c1. The zero-order valence-corrected chi connectivity index (χ0v) is 12.5. The molecule has 0 aliphatic heterocycles. The number of hydrogen-bond acceptors (Lipinski definition) is 3. The maximum absolute atomic E-state index is 5.79. The summed E-state index contributed by atoms with van der Waals surface area (Å²) in [6, 6.07) is 8.05. The summed E-state index contributed by atoms with van der Waals surface area (Å²) >= 11 is 3.52. The number of hydrogen-bond donors (Lipinski definition) is 1. The first-order valence-corrected chi connectivity index (χ1v) is 7.00. The molecule has 2 rings (SSSR count). The first kappa shape index (κ1) is 14.0. The Hall–Kier alpha value is -1.39. The van der Waals surface area contributed by atoms with Crippen LogP contribution in [0.3, 0.4) is 0 Å². The third kappa shape index (κ3) is 4.04. The maximum Gasteiger partial charge on any atom is 0.120 e. The molecule has 0 aliphatic rings. The molecular formula is C15H17BrN2O. The fourth-order valence-corrected chi connectivity index (χ4v) is 2.30. The number of rotatable bonds is 5. The molecule has 1 aromatic heterocycles. The molecule has 1 heterocycles. The molecule has 0 atom stereocenters. The van der Waals surface area contributed by atoms with Gasteiger partial charge in [0.15, 0.2) is 0 Å². The lowest BCUT2D eigenvalue weighted by atomic mass is 10.1. The first-order chi connectivity index (χ1) is 9.19. The van der Waals surface area contributed by atoms with Gasteiger partial charge in [0.25, 0.3) is 0 Å². The van der Waals surface area contributed by atoms with E-state index in [0.29, 0.717) is 13.2 Å². The van der Waals surface area contributed by atoms with Crippen LogP contribution in [0, 0.1) is 6.92 Å². The van der Waals surface area contributed by atoms with Gasteiger partial charge >= 0.3 is 0 Å². The molecule has 0 spiro atoms. The molecule has 19 heavy (non-hydrogen) atoms. The van der Waals surface area contributed by atoms with Crippen molar-refractivity contribution in [1.29, 1.82) is 0 Å². The number of nitrogens with two attached hydrogens (primary N) is 1. The molecule has 0 amide bonds. The minimum atomic E-state index is 0.526. The van der Waals surface area contributed by atoms with Crippen LogP contribution < -0.4 is 10.5 Å². The predicted molar refractivity (Wildman–Crippen MR) is 80.2 cm³/mol. The number of aryl methyl sites for hydroxylation is 1. The minimum absolute atomic E-state index is 0.526. The van der Waals surface area contributed by atoms with E-state index in [1.54, 1.807) is 0 Å². The predicted octanol–water partition coefficient (Wildman–Crippen LogP) is 3.23. The van der Waals surface area contributed by atoms with E-state index in [-0.39, 0.29) is 0 Å². The Morgan fingerprint density at radius 2 is 2.11 bits per heavy atom. The minimum Gasteiger partial charge on any atom is -0.489 e. The van der Waals surface area contributed by atoms with Crippen molar-refractivity contribution in [2.45, 2.75) is 20.0 Å². The van der Waals surface area contributed by atoms with E-state index in [4.69, 9.17) is 10.5 Å².